The van der Waals surface area contributed by atoms with Crippen molar-refractivity contribution in [2.45, 2.75) is 0 Å². The number of rotatable bonds is 0. The van der Waals surface area contributed by atoms with Crippen LogP contribution in [0.1, 0.15) is 0 Å². The van der Waals surface area contributed by atoms with Crippen LogP contribution in [0.25, 0.3) is 0 Å². The third kappa shape index (κ3) is 0.748. The smallest absolute Gasteiger partial charge is 0.0194 e. The second-order valence-corrected chi connectivity index (χ2v) is 2.48. The second kappa shape index (κ2) is 1.87. The van der Waals surface area contributed by atoms with E-state index in [9.17, 15) is 0 Å². The molecule has 1 fully saturated rings. The maximum absolute atomic E-state index is 3.30. The molecule has 1 aliphatic heterocycles. The van der Waals surface area contributed by atoms with Gasteiger partial charge in [-0.3, -0.25) is 0 Å². The molecule has 0 amide bonds. The highest BCUT2D eigenvalue weighted by molar-refractivity contribution is 5.28. The summed E-state index contributed by atoms with van der Waals surface area (Å²) in [5.74, 6) is 0.648. The van der Waals surface area contributed by atoms with Crippen LogP contribution in [-0.2, 0) is 0 Å². The van der Waals surface area contributed by atoms with E-state index in [1.807, 2.05) is 6.08 Å². The molecular formula is C8H9N. The standard InChI is InChI=1S/C8H9N/c1-2-4-8-6-9-5-7(8)3-1/h1,3-4,8-9H,5-6H2. The van der Waals surface area contributed by atoms with E-state index in [1.165, 1.54) is 5.57 Å². The van der Waals surface area contributed by atoms with Gasteiger partial charge in [0.05, 0.1) is 0 Å². The van der Waals surface area contributed by atoms with Gasteiger partial charge in [0.25, 0.3) is 0 Å². The van der Waals surface area contributed by atoms with Crippen molar-refractivity contribution >= 4 is 0 Å². The van der Waals surface area contributed by atoms with Gasteiger partial charge in [-0.15, -0.1) is 5.73 Å². The lowest BCUT2D eigenvalue weighted by molar-refractivity contribution is 0.778. The fourth-order valence-electron chi connectivity index (χ4n) is 1.31. The molecular weight excluding hydrogens is 110 g/mol. The van der Waals surface area contributed by atoms with Gasteiger partial charge in [0.1, 0.15) is 0 Å². The first kappa shape index (κ1) is 5.04. The first-order chi connectivity index (χ1) is 4.47. The molecule has 46 valence electrons. The third-order valence-corrected chi connectivity index (χ3v) is 1.86. The molecule has 9 heavy (non-hydrogen) atoms. The Morgan fingerprint density at radius 2 is 2.67 bits per heavy atom. The lowest BCUT2D eigenvalue weighted by Crippen LogP contribution is -2.07. The molecule has 0 aromatic heterocycles. The molecule has 1 heterocycles. The topological polar surface area (TPSA) is 12.0 Å². The number of allylic oxidation sites excluding steroid dienone is 1. The first-order valence-electron chi connectivity index (χ1n) is 3.29. The van der Waals surface area contributed by atoms with Gasteiger partial charge in [-0.05, 0) is 17.7 Å². The molecule has 0 spiro atoms. The molecule has 1 heteroatoms. The minimum Gasteiger partial charge on any atom is -0.312 e. The Labute approximate surface area is 54.8 Å². The van der Waals surface area contributed by atoms with E-state index in [-0.39, 0.29) is 0 Å². The van der Waals surface area contributed by atoms with Gasteiger partial charge in [0, 0.05) is 19.0 Å². The normalized spacial score (nSPS) is 30.2. The third-order valence-electron chi connectivity index (χ3n) is 1.86. The summed E-state index contributed by atoms with van der Waals surface area (Å²) in [6, 6.07) is 0. The summed E-state index contributed by atoms with van der Waals surface area (Å²) in [4.78, 5) is 0. The van der Waals surface area contributed by atoms with Gasteiger partial charge < -0.3 is 5.32 Å². The van der Waals surface area contributed by atoms with E-state index in [0.29, 0.717) is 5.92 Å². The molecule has 0 aromatic carbocycles. The quantitative estimate of drug-likeness (QED) is 0.466. The summed E-state index contributed by atoms with van der Waals surface area (Å²) in [7, 11) is 0. The van der Waals surface area contributed by atoms with Gasteiger partial charge in [0.2, 0.25) is 0 Å². The number of nitrogens with one attached hydrogen (secondary N) is 1. The number of hydrogen-bond donors (Lipinski definition) is 1. The predicted molar refractivity (Wildman–Crippen MR) is 37.1 cm³/mol. The summed E-state index contributed by atoms with van der Waals surface area (Å²) in [5.41, 5.74) is 4.60. The van der Waals surface area contributed by atoms with Crippen LogP contribution >= 0.6 is 0 Å². The predicted octanol–water partition coefficient (Wildman–Crippen LogP) is 0.857. The highest BCUT2D eigenvalue weighted by Gasteiger charge is 2.17. The van der Waals surface area contributed by atoms with Crippen LogP contribution in [0, 0.1) is 5.92 Å². The zero-order valence-electron chi connectivity index (χ0n) is 5.22. The van der Waals surface area contributed by atoms with Crippen molar-refractivity contribution in [2.75, 3.05) is 13.1 Å². The van der Waals surface area contributed by atoms with Gasteiger partial charge in [0.15, 0.2) is 0 Å². The SMILES string of the molecule is C1=CC=C2CNCC2C=1. The molecule has 0 radical (unpaired) electrons. The molecule has 1 saturated heterocycles. The zero-order valence-corrected chi connectivity index (χ0v) is 5.22. The molecule has 2 rings (SSSR count). The molecule has 1 aliphatic carbocycles. The molecule has 2 aliphatic rings. The van der Waals surface area contributed by atoms with Crippen LogP contribution in [0.5, 0.6) is 0 Å². The van der Waals surface area contributed by atoms with Crippen LogP contribution in [0.4, 0.5) is 0 Å². The Kier molecular flexibility index (Phi) is 1.05. The summed E-state index contributed by atoms with van der Waals surface area (Å²) in [5, 5.41) is 3.30. The number of hydrogen-bond acceptors (Lipinski definition) is 1. The van der Waals surface area contributed by atoms with Crippen molar-refractivity contribution in [3.8, 4) is 0 Å². The Morgan fingerprint density at radius 1 is 1.67 bits per heavy atom. The Hall–Kier alpha value is -0.780. The van der Waals surface area contributed by atoms with Crippen molar-refractivity contribution < 1.29 is 0 Å². The van der Waals surface area contributed by atoms with Crippen LogP contribution in [0.2, 0.25) is 0 Å². The summed E-state index contributed by atoms with van der Waals surface area (Å²) in [6.45, 7) is 2.17. The van der Waals surface area contributed by atoms with Crippen LogP contribution in [0.15, 0.2) is 29.5 Å². The molecule has 0 saturated carbocycles. The van der Waals surface area contributed by atoms with E-state index in [1.54, 1.807) is 0 Å². The van der Waals surface area contributed by atoms with Gasteiger partial charge in [-0.1, -0.05) is 6.08 Å². The molecule has 1 N–H and O–H groups in total. The average molecular weight is 119 g/mol. The average Bonchev–Trinajstić information content (AvgIpc) is 2.33. The van der Waals surface area contributed by atoms with Crippen LogP contribution in [0.3, 0.4) is 0 Å². The highest BCUT2D eigenvalue weighted by atomic mass is 14.9. The van der Waals surface area contributed by atoms with Crippen molar-refractivity contribution in [3.63, 3.8) is 0 Å². The van der Waals surface area contributed by atoms with Gasteiger partial charge in [-0.25, -0.2) is 0 Å². The van der Waals surface area contributed by atoms with E-state index < -0.39 is 0 Å². The minimum atomic E-state index is 0.648. The van der Waals surface area contributed by atoms with Gasteiger partial charge in [-0.2, -0.15) is 0 Å². The lowest BCUT2D eigenvalue weighted by Gasteiger charge is -2.03. The van der Waals surface area contributed by atoms with Gasteiger partial charge >= 0.3 is 0 Å². The second-order valence-electron chi connectivity index (χ2n) is 2.48. The molecule has 0 bridgehead atoms. The van der Waals surface area contributed by atoms with Crippen molar-refractivity contribution in [1.29, 1.82) is 0 Å². The monoisotopic (exact) mass is 119 g/mol. The molecule has 1 nitrogen and oxygen atoms in total. The van der Waals surface area contributed by atoms with E-state index in [4.69, 9.17) is 0 Å². The fraction of sp³-hybridized carbons (Fsp3) is 0.375. The summed E-state index contributed by atoms with van der Waals surface area (Å²) < 4.78 is 0. The fourth-order valence-corrected chi connectivity index (χ4v) is 1.31. The van der Waals surface area contributed by atoms with E-state index in [0.717, 1.165) is 13.1 Å². The Balaban J connectivity index is 2.35. The zero-order chi connectivity index (χ0) is 6.10. The van der Waals surface area contributed by atoms with Crippen LogP contribution in [-0.4, -0.2) is 13.1 Å². The van der Waals surface area contributed by atoms with E-state index in [2.05, 4.69) is 23.2 Å². The molecule has 1 atom stereocenters. The molecule has 1 unspecified atom stereocenters. The Bertz CT molecular complexity index is 207. The lowest BCUT2D eigenvalue weighted by atomic mass is 10.0. The molecule has 0 aromatic rings. The summed E-state index contributed by atoms with van der Waals surface area (Å²) >= 11 is 0. The van der Waals surface area contributed by atoms with Crippen molar-refractivity contribution in [3.05, 3.63) is 29.5 Å². The minimum absolute atomic E-state index is 0.648. The summed E-state index contributed by atoms with van der Waals surface area (Å²) in [6.07, 6.45) is 6.28. The highest BCUT2D eigenvalue weighted by Crippen LogP contribution is 2.18. The van der Waals surface area contributed by atoms with E-state index >= 15 is 0 Å². The van der Waals surface area contributed by atoms with Crippen molar-refractivity contribution in [2.24, 2.45) is 5.92 Å². The van der Waals surface area contributed by atoms with Crippen molar-refractivity contribution in [1.82, 2.24) is 5.32 Å². The maximum Gasteiger partial charge on any atom is 0.0194 e. The number of fused-ring (bicyclic) bond motifs is 1. The first-order valence-corrected chi connectivity index (χ1v) is 3.29. The van der Waals surface area contributed by atoms with Crippen LogP contribution < -0.4 is 5.32 Å². The largest absolute Gasteiger partial charge is 0.312 e. The maximum atomic E-state index is 3.30. The Morgan fingerprint density at radius 3 is 3.56 bits per heavy atom.